The van der Waals surface area contributed by atoms with Crippen LogP contribution in [0.25, 0.3) is 11.3 Å². The summed E-state index contributed by atoms with van der Waals surface area (Å²) in [6.07, 6.45) is 0. The predicted molar refractivity (Wildman–Crippen MR) is 92.9 cm³/mol. The van der Waals surface area contributed by atoms with Gasteiger partial charge in [-0.15, -0.1) is 11.3 Å². The van der Waals surface area contributed by atoms with E-state index in [1.54, 1.807) is 23.5 Å². The molecular weight excluding hydrogens is 360 g/mol. The van der Waals surface area contributed by atoms with Gasteiger partial charge in [0.05, 0.1) is 12.2 Å². The molecule has 0 bridgehead atoms. The summed E-state index contributed by atoms with van der Waals surface area (Å²) >= 11 is 4.97. The summed E-state index contributed by atoms with van der Waals surface area (Å²) in [5, 5.41) is 5.79. The van der Waals surface area contributed by atoms with Gasteiger partial charge in [0, 0.05) is 21.0 Å². The van der Waals surface area contributed by atoms with Gasteiger partial charge < -0.3 is 5.32 Å². The molecule has 1 aromatic heterocycles. The fraction of sp³-hybridized carbons (Fsp3) is 0.0588. The zero-order chi connectivity index (χ0) is 15.4. The standard InChI is InChI=1S/C17H13BrN2OS/c18-14-8-6-12(7-9-14)15-11-22-16(20-15)10-19-17(21)13-4-2-1-3-5-13/h1-9,11H,10H2,(H,19,21). The van der Waals surface area contributed by atoms with Gasteiger partial charge in [0.2, 0.25) is 0 Å². The van der Waals surface area contributed by atoms with Crippen molar-refractivity contribution < 1.29 is 4.79 Å². The lowest BCUT2D eigenvalue weighted by Gasteiger charge is -2.02. The van der Waals surface area contributed by atoms with Crippen LogP contribution in [0, 0.1) is 0 Å². The van der Waals surface area contributed by atoms with Gasteiger partial charge in [0.25, 0.3) is 5.91 Å². The van der Waals surface area contributed by atoms with E-state index in [9.17, 15) is 4.79 Å². The van der Waals surface area contributed by atoms with E-state index in [4.69, 9.17) is 0 Å². The van der Waals surface area contributed by atoms with Crippen molar-refractivity contribution >= 4 is 33.2 Å². The van der Waals surface area contributed by atoms with Crippen LogP contribution in [0.3, 0.4) is 0 Å². The van der Waals surface area contributed by atoms with Crippen molar-refractivity contribution in [2.45, 2.75) is 6.54 Å². The lowest BCUT2D eigenvalue weighted by Crippen LogP contribution is -2.22. The second kappa shape index (κ2) is 6.85. The predicted octanol–water partition coefficient (Wildman–Crippen LogP) is 4.50. The molecule has 0 radical (unpaired) electrons. The third-order valence-corrected chi connectivity index (χ3v) is 4.51. The number of aromatic nitrogens is 1. The highest BCUT2D eigenvalue weighted by atomic mass is 79.9. The van der Waals surface area contributed by atoms with Gasteiger partial charge >= 0.3 is 0 Å². The summed E-state index contributed by atoms with van der Waals surface area (Å²) in [5.41, 5.74) is 2.66. The number of hydrogen-bond acceptors (Lipinski definition) is 3. The molecule has 5 heteroatoms. The van der Waals surface area contributed by atoms with Crippen LogP contribution in [0.5, 0.6) is 0 Å². The molecule has 3 aromatic rings. The van der Waals surface area contributed by atoms with E-state index in [0.717, 1.165) is 20.7 Å². The maximum atomic E-state index is 12.0. The highest BCUT2D eigenvalue weighted by Gasteiger charge is 2.07. The first-order valence-corrected chi connectivity index (χ1v) is 8.43. The summed E-state index contributed by atoms with van der Waals surface area (Å²) in [4.78, 5) is 16.6. The average molecular weight is 373 g/mol. The van der Waals surface area contributed by atoms with E-state index in [1.165, 1.54) is 0 Å². The molecule has 0 saturated carbocycles. The quantitative estimate of drug-likeness (QED) is 0.732. The number of halogens is 1. The summed E-state index contributed by atoms with van der Waals surface area (Å²) in [7, 11) is 0. The maximum Gasteiger partial charge on any atom is 0.251 e. The van der Waals surface area contributed by atoms with Crippen LogP contribution in [0.2, 0.25) is 0 Å². The normalized spacial score (nSPS) is 10.4. The number of nitrogens with zero attached hydrogens (tertiary/aromatic N) is 1. The summed E-state index contributed by atoms with van der Waals surface area (Å²) in [5.74, 6) is -0.0824. The fourth-order valence-corrected chi connectivity index (χ4v) is 3.00. The lowest BCUT2D eigenvalue weighted by atomic mass is 10.2. The van der Waals surface area contributed by atoms with Gasteiger partial charge in [-0.05, 0) is 24.3 Å². The zero-order valence-corrected chi connectivity index (χ0v) is 14.0. The Morgan fingerprint density at radius 2 is 1.82 bits per heavy atom. The molecule has 0 aliphatic heterocycles. The number of rotatable bonds is 4. The molecule has 0 aliphatic carbocycles. The molecule has 0 spiro atoms. The van der Waals surface area contributed by atoms with E-state index >= 15 is 0 Å². The molecule has 0 fully saturated rings. The molecule has 3 rings (SSSR count). The third-order valence-electron chi connectivity index (χ3n) is 3.13. The number of thiazole rings is 1. The van der Waals surface area contributed by atoms with E-state index < -0.39 is 0 Å². The van der Waals surface area contributed by atoms with Crippen molar-refractivity contribution in [1.82, 2.24) is 10.3 Å². The van der Waals surface area contributed by atoms with Crippen molar-refractivity contribution in [3.05, 3.63) is 75.0 Å². The highest BCUT2D eigenvalue weighted by molar-refractivity contribution is 9.10. The van der Waals surface area contributed by atoms with Crippen LogP contribution < -0.4 is 5.32 Å². The smallest absolute Gasteiger partial charge is 0.251 e. The summed E-state index contributed by atoms with van der Waals surface area (Å²) < 4.78 is 1.04. The second-order valence-electron chi connectivity index (χ2n) is 4.68. The SMILES string of the molecule is O=C(NCc1nc(-c2ccc(Br)cc2)cs1)c1ccccc1. The Bertz CT molecular complexity index is 769. The average Bonchev–Trinajstić information content (AvgIpc) is 3.03. The first-order chi connectivity index (χ1) is 10.7. The van der Waals surface area contributed by atoms with E-state index in [-0.39, 0.29) is 5.91 Å². The summed E-state index contributed by atoms with van der Waals surface area (Å²) in [6.45, 7) is 0.439. The largest absolute Gasteiger partial charge is 0.346 e. The Morgan fingerprint density at radius 3 is 2.55 bits per heavy atom. The van der Waals surface area contributed by atoms with Crippen molar-refractivity contribution in [2.24, 2.45) is 0 Å². The number of carbonyl (C=O) groups is 1. The number of hydrogen-bond donors (Lipinski definition) is 1. The molecule has 0 aliphatic rings. The first-order valence-electron chi connectivity index (χ1n) is 6.76. The van der Waals surface area contributed by atoms with Crippen LogP contribution in [0.4, 0.5) is 0 Å². The fourth-order valence-electron chi connectivity index (χ4n) is 1.99. The molecule has 1 heterocycles. The molecule has 2 aromatic carbocycles. The Morgan fingerprint density at radius 1 is 1.09 bits per heavy atom. The van der Waals surface area contributed by atoms with Gasteiger partial charge in [0.1, 0.15) is 5.01 Å². The Labute approximate surface area is 141 Å². The van der Waals surface area contributed by atoms with Crippen molar-refractivity contribution in [3.63, 3.8) is 0 Å². The van der Waals surface area contributed by atoms with Crippen molar-refractivity contribution in [2.75, 3.05) is 0 Å². The summed E-state index contributed by atoms with van der Waals surface area (Å²) in [6, 6.07) is 17.2. The first kappa shape index (κ1) is 14.9. The number of carbonyl (C=O) groups excluding carboxylic acids is 1. The minimum atomic E-state index is -0.0824. The minimum Gasteiger partial charge on any atom is -0.346 e. The van der Waals surface area contributed by atoms with Crippen LogP contribution in [0.15, 0.2) is 64.5 Å². The number of benzene rings is 2. The molecule has 1 N–H and O–H groups in total. The lowest BCUT2D eigenvalue weighted by molar-refractivity contribution is 0.0951. The Kier molecular flexibility index (Phi) is 4.65. The molecular formula is C17H13BrN2OS. The molecule has 22 heavy (non-hydrogen) atoms. The Balaban J connectivity index is 1.65. The van der Waals surface area contributed by atoms with Gasteiger partial charge in [-0.1, -0.05) is 46.3 Å². The van der Waals surface area contributed by atoms with Gasteiger partial charge in [-0.2, -0.15) is 0 Å². The van der Waals surface area contributed by atoms with Crippen molar-refractivity contribution in [3.8, 4) is 11.3 Å². The van der Waals surface area contributed by atoms with E-state index in [2.05, 4.69) is 26.2 Å². The molecule has 0 unspecified atom stereocenters. The third kappa shape index (κ3) is 3.61. The molecule has 0 saturated heterocycles. The van der Waals surface area contributed by atoms with Crippen LogP contribution in [-0.2, 0) is 6.54 Å². The van der Waals surface area contributed by atoms with Crippen LogP contribution in [-0.4, -0.2) is 10.9 Å². The topological polar surface area (TPSA) is 42.0 Å². The second-order valence-corrected chi connectivity index (χ2v) is 6.54. The minimum absolute atomic E-state index is 0.0824. The van der Waals surface area contributed by atoms with Crippen LogP contribution in [0.1, 0.15) is 15.4 Å². The maximum absolute atomic E-state index is 12.0. The zero-order valence-electron chi connectivity index (χ0n) is 11.6. The molecule has 0 atom stereocenters. The number of nitrogens with one attached hydrogen (secondary N) is 1. The highest BCUT2D eigenvalue weighted by Crippen LogP contribution is 2.23. The Hall–Kier alpha value is -1.98. The number of amides is 1. The monoisotopic (exact) mass is 372 g/mol. The van der Waals surface area contributed by atoms with Gasteiger partial charge in [-0.25, -0.2) is 4.98 Å². The molecule has 110 valence electrons. The van der Waals surface area contributed by atoms with Crippen molar-refractivity contribution in [1.29, 1.82) is 0 Å². The molecule has 1 amide bonds. The van der Waals surface area contributed by atoms with Gasteiger partial charge in [-0.3, -0.25) is 4.79 Å². The van der Waals surface area contributed by atoms with Crippen LogP contribution >= 0.6 is 27.3 Å². The van der Waals surface area contributed by atoms with Gasteiger partial charge in [0.15, 0.2) is 0 Å². The van der Waals surface area contributed by atoms with E-state index in [1.807, 2.05) is 47.8 Å². The molecule has 3 nitrogen and oxygen atoms in total. The van der Waals surface area contributed by atoms with E-state index in [0.29, 0.717) is 12.1 Å².